The van der Waals surface area contributed by atoms with Gasteiger partial charge in [0.2, 0.25) is 5.88 Å². The summed E-state index contributed by atoms with van der Waals surface area (Å²) in [5.41, 5.74) is 0.350. The van der Waals surface area contributed by atoms with Gasteiger partial charge in [-0.2, -0.15) is 4.98 Å². The van der Waals surface area contributed by atoms with Crippen molar-refractivity contribution < 1.29 is 14.3 Å². The Morgan fingerprint density at radius 3 is 2.47 bits per heavy atom. The second-order valence-corrected chi connectivity index (χ2v) is 4.51. The maximum atomic E-state index is 11.6. The highest BCUT2D eigenvalue weighted by Gasteiger charge is 2.19. The van der Waals surface area contributed by atoms with E-state index in [2.05, 4.69) is 21.8 Å². The number of aromatic nitrogens is 1. The molecule has 6 heteroatoms. The molecule has 0 bridgehead atoms. The Morgan fingerprint density at radius 2 is 1.89 bits per heavy atom. The van der Waals surface area contributed by atoms with Crippen LogP contribution in [0.1, 0.15) is 10.4 Å². The van der Waals surface area contributed by atoms with Gasteiger partial charge in [0.1, 0.15) is 11.4 Å². The summed E-state index contributed by atoms with van der Waals surface area (Å²) in [5.74, 6) is 0.704. The van der Waals surface area contributed by atoms with Crippen molar-refractivity contribution in [1.82, 2.24) is 9.88 Å². The monoisotopic (exact) mass is 265 g/mol. The highest BCUT2D eigenvalue weighted by molar-refractivity contribution is 5.92. The van der Waals surface area contributed by atoms with Crippen molar-refractivity contribution in [2.45, 2.75) is 0 Å². The standard InChI is InChI=1S/C13H19N3O3/c1-15-6-8-16(9-7-15)11-5-4-10(13(17)19-3)12(14-11)18-2/h4-5H,6-9H2,1-3H3. The molecule has 0 amide bonds. The SMILES string of the molecule is COC(=O)c1ccc(N2CCN(C)CC2)nc1OC. The molecule has 19 heavy (non-hydrogen) atoms. The number of anilines is 1. The zero-order valence-electron chi connectivity index (χ0n) is 11.5. The Kier molecular flexibility index (Phi) is 4.21. The van der Waals surface area contributed by atoms with Crippen LogP contribution in [0.15, 0.2) is 12.1 Å². The van der Waals surface area contributed by atoms with Gasteiger partial charge in [0, 0.05) is 26.2 Å². The van der Waals surface area contributed by atoms with Gasteiger partial charge in [-0.25, -0.2) is 4.79 Å². The summed E-state index contributed by atoms with van der Waals surface area (Å²) in [6.45, 7) is 3.85. The number of carbonyl (C=O) groups excluding carboxylic acids is 1. The fraction of sp³-hybridized carbons (Fsp3) is 0.538. The lowest BCUT2D eigenvalue weighted by Crippen LogP contribution is -2.44. The van der Waals surface area contributed by atoms with Gasteiger partial charge in [-0.1, -0.05) is 0 Å². The first kappa shape index (κ1) is 13.6. The first-order chi connectivity index (χ1) is 9.15. The quantitative estimate of drug-likeness (QED) is 0.747. The molecule has 1 saturated heterocycles. The number of carbonyl (C=O) groups is 1. The molecule has 0 spiro atoms. The molecule has 0 radical (unpaired) electrons. The summed E-state index contributed by atoms with van der Waals surface area (Å²) in [5, 5.41) is 0. The van der Waals surface area contributed by atoms with Gasteiger partial charge >= 0.3 is 5.97 Å². The highest BCUT2D eigenvalue weighted by atomic mass is 16.5. The number of hydrogen-bond acceptors (Lipinski definition) is 6. The van der Waals surface area contributed by atoms with Crippen LogP contribution >= 0.6 is 0 Å². The number of nitrogens with zero attached hydrogens (tertiary/aromatic N) is 3. The summed E-state index contributed by atoms with van der Waals surface area (Å²) in [7, 11) is 4.95. The van der Waals surface area contributed by atoms with Gasteiger partial charge in [0.05, 0.1) is 14.2 Å². The summed E-state index contributed by atoms with van der Waals surface area (Å²) in [6, 6.07) is 3.53. The van der Waals surface area contributed by atoms with E-state index in [1.54, 1.807) is 6.07 Å². The average molecular weight is 265 g/mol. The molecule has 6 nitrogen and oxygen atoms in total. The molecule has 0 aromatic carbocycles. The predicted molar refractivity (Wildman–Crippen MR) is 71.8 cm³/mol. The maximum Gasteiger partial charge on any atom is 0.343 e. The molecule has 0 atom stereocenters. The van der Waals surface area contributed by atoms with Crippen LogP contribution in [-0.4, -0.2) is 63.3 Å². The van der Waals surface area contributed by atoms with E-state index in [1.165, 1.54) is 14.2 Å². The molecule has 1 aliphatic heterocycles. The van der Waals surface area contributed by atoms with Gasteiger partial charge < -0.3 is 19.3 Å². The molecule has 0 saturated carbocycles. The van der Waals surface area contributed by atoms with Crippen molar-refractivity contribution in [1.29, 1.82) is 0 Å². The summed E-state index contributed by atoms with van der Waals surface area (Å²) in [6.07, 6.45) is 0. The summed E-state index contributed by atoms with van der Waals surface area (Å²) >= 11 is 0. The zero-order chi connectivity index (χ0) is 13.8. The van der Waals surface area contributed by atoms with E-state index in [0.29, 0.717) is 11.4 Å². The van der Waals surface area contributed by atoms with Gasteiger partial charge in [0.25, 0.3) is 0 Å². The Bertz CT molecular complexity index is 456. The second kappa shape index (κ2) is 5.88. The largest absolute Gasteiger partial charge is 0.480 e. The Hall–Kier alpha value is -1.82. The number of pyridine rings is 1. The van der Waals surface area contributed by atoms with Crippen LogP contribution < -0.4 is 9.64 Å². The molecular weight excluding hydrogens is 246 g/mol. The van der Waals surface area contributed by atoms with E-state index in [4.69, 9.17) is 9.47 Å². The minimum atomic E-state index is -0.436. The average Bonchev–Trinajstić information content (AvgIpc) is 2.46. The number of esters is 1. The molecule has 1 aromatic rings. The first-order valence-corrected chi connectivity index (χ1v) is 6.22. The topological polar surface area (TPSA) is 54.9 Å². The van der Waals surface area contributed by atoms with Crippen molar-refractivity contribution in [3.8, 4) is 5.88 Å². The highest BCUT2D eigenvalue weighted by Crippen LogP contribution is 2.22. The lowest BCUT2D eigenvalue weighted by atomic mass is 10.2. The molecule has 1 aromatic heterocycles. The Morgan fingerprint density at radius 1 is 1.21 bits per heavy atom. The van der Waals surface area contributed by atoms with Gasteiger partial charge in [-0.05, 0) is 19.2 Å². The normalized spacial score (nSPS) is 16.3. The first-order valence-electron chi connectivity index (χ1n) is 6.22. The molecule has 0 N–H and O–H groups in total. The number of ether oxygens (including phenoxy) is 2. The molecule has 0 unspecified atom stereocenters. The third-order valence-electron chi connectivity index (χ3n) is 3.27. The van der Waals surface area contributed by atoms with Crippen LogP contribution in [0, 0.1) is 0 Å². The zero-order valence-corrected chi connectivity index (χ0v) is 11.5. The van der Waals surface area contributed by atoms with Crippen LogP contribution in [0.2, 0.25) is 0 Å². The Balaban J connectivity index is 2.21. The number of piperazine rings is 1. The Labute approximate surface area is 112 Å². The fourth-order valence-electron chi connectivity index (χ4n) is 2.06. The van der Waals surface area contributed by atoms with E-state index in [0.717, 1.165) is 32.0 Å². The van der Waals surface area contributed by atoms with Crippen LogP contribution in [0.25, 0.3) is 0 Å². The predicted octanol–water partition coefficient (Wildman–Crippen LogP) is 0.629. The van der Waals surface area contributed by atoms with Crippen molar-refractivity contribution in [3.05, 3.63) is 17.7 Å². The van der Waals surface area contributed by atoms with Crippen molar-refractivity contribution in [2.24, 2.45) is 0 Å². The molecule has 104 valence electrons. The number of hydrogen-bond donors (Lipinski definition) is 0. The summed E-state index contributed by atoms with van der Waals surface area (Å²) < 4.78 is 9.87. The number of methoxy groups -OCH3 is 2. The summed E-state index contributed by atoms with van der Waals surface area (Å²) in [4.78, 5) is 20.4. The van der Waals surface area contributed by atoms with Crippen molar-refractivity contribution in [2.75, 3.05) is 52.3 Å². The van der Waals surface area contributed by atoms with Gasteiger partial charge in [-0.15, -0.1) is 0 Å². The lowest BCUT2D eigenvalue weighted by molar-refractivity contribution is 0.0596. The van der Waals surface area contributed by atoms with E-state index in [9.17, 15) is 4.79 Å². The van der Waals surface area contributed by atoms with E-state index in [-0.39, 0.29) is 0 Å². The van der Waals surface area contributed by atoms with E-state index < -0.39 is 5.97 Å². The second-order valence-electron chi connectivity index (χ2n) is 4.51. The van der Waals surface area contributed by atoms with Crippen LogP contribution in [0.3, 0.4) is 0 Å². The molecule has 1 aliphatic rings. The van der Waals surface area contributed by atoms with Crippen LogP contribution in [0.5, 0.6) is 5.88 Å². The third kappa shape index (κ3) is 2.96. The van der Waals surface area contributed by atoms with Crippen molar-refractivity contribution in [3.63, 3.8) is 0 Å². The molecule has 2 heterocycles. The number of rotatable bonds is 3. The van der Waals surface area contributed by atoms with Gasteiger partial charge in [-0.3, -0.25) is 0 Å². The molecule has 0 aliphatic carbocycles. The van der Waals surface area contributed by atoms with E-state index >= 15 is 0 Å². The van der Waals surface area contributed by atoms with Gasteiger partial charge in [0.15, 0.2) is 0 Å². The minimum Gasteiger partial charge on any atom is -0.480 e. The maximum absolute atomic E-state index is 11.6. The van der Waals surface area contributed by atoms with Crippen LogP contribution in [-0.2, 0) is 4.74 Å². The smallest absolute Gasteiger partial charge is 0.343 e. The van der Waals surface area contributed by atoms with E-state index in [1.807, 2.05) is 6.07 Å². The molecule has 2 rings (SSSR count). The third-order valence-corrected chi connectivity index (χ3v) is 3.27. The fourth-order valence-corrected chi connectivity index (χ4v) is 2.06. The lowest BCUT2D eigenvalue weighted by Gasteiger charge is -2.33. The minimum absolute atomic E-state index is 0.309. The van der Waals surface area contributed by atoms with Crippen LogP contribution in [0.4, 0.5) is 5.82 Å². The van der Waals surface area contributed by atoms with Crippen molar-refractivity contribution >= 4 is 11.8 Å². The number of likely N-dealkylation sites (N-methyl/N-ethyl adjacent to an activating group) is 1. The molecule has 1 fully saturated rings. The molecular formula is C13H19N3O3.